The zero-order chi connectivity index (χ0) is 43.2. The Bertz CT molecular complexity index is 3710. The van der Waals surface area contributed by atoms with Gasteiger partial charge in [-0.1, -0.05) is 145 Å². The first-order valence-corrected chi connectivity index (χ1v) is 23.2. The van der Waals surface area contributed by atoms with Crippen LogP contribution < -0.4 is 20.0 Å². The molecule has 0 fully saturated rings. The van der Waals surface area contributed by atoms with Crippen LogP contribution >= 0.6 is 11.3 Å². The van der Waals surface area contributed by atoms with Gasteiger partial charge in [-0.05, 0) is 93.6 Å². The molecule has 308 valence electrons. The highest BCUT2D eigenvalue weighted by molar-refractivity contribution is 7.32. The van der Waals surface area contributed by atoms with Crippen LogP contribution in [-0.2, 0) is 10.8 Å². The van der Waals surface area contributed by atoms with Gasteiger partial charge in [0.15, 0.2) is 0 Å². The number of hydrogen-bond acceptors (Lipinski definition) is 5. The van der Waals surface area contributed by atoms with Crippen LogP contribution in [0.15, 0.2) is 173 Å². The van der Waals surface area contributed by atoms with E-state index >= 15 is 0 Å². The van der Waals surface area contributed by atoms with Crippen molar-refractivity contribution in [1.29, 1.82) is 0 Å². The molecule has 6 heteroatoms. The molecule has 5 heterocycles. The maximum atomic E-state index is 7.13. The molecule has 2 aliphatic rings. The van der Waals surface area contributed by atoms with Gasteiger partial charge in [0.05, 0.1) is 16.8 Å². The normalized spacial score (nSPS) is 13.7. The highest BCUT2D eigenvalue weighted by Crippen LogP contribution is 2.56. The van der Waals surface area contributed by atoms with Crippen molar-refractivity contribution in [2.75, 3.05) is 9.71 Å². The van der Waals surface area contributed by atoms with E-state index in [9.17, 15) is 0 Å². The maximum Gasteiger partial charge on any atom is 0.343 e. The molecule has 0 atom stereocenters. The van der Waals surface area contributed by atoms with Gasteiger partial charge < -0.3 is 18.5 Å². The lowest BCUT2D eigenvalue weighted by Gasteiger charge is -2.45. The van der Waals surface area contributed by atoms with E-state index in [1.807, 2.05) is 11.3 Å². The Balaban J connectivity index is 1.23. The maximum absolute atomic E-state index is 7.13. The molecule has 8 aromatic carbocycles. The van der Waals surface area contributed by atoms with E-state index in [0.29, 0.717) is 0 Å². The minimum atomic E-state index is -0.201. The summed E-state index contributed by atoms with van der Waals surface area (Å²) in [5.74, 6) is 0. The van der Waals surface area contributed by atoms with Gasteiger partial charge in [0.25, 0.3) is 0 Å². The van der Waals surface area contributed by atoms with Crippen molar-refractivity contribution in [1.82, 2.24) is 0 Å². The predicted molar refractivity (Wildman–Crippen MR) is 273 cm³/mol. The molecule has 0 N–H and O–H groups in total. The van der Waals surface area contributed by atoms with Crippen LogP contribution in [0.4, 0.5) is 28.4 Å². The van der Waals surface area contributed by atoms with Crippen LogP contribution in [0, 0.1) is 0 Å². The fraction of sp³-hybridized carbons (Fsp3) is 0.138. The molecule has 0 saturated heterocycles. The highest BCUT2D eigenvalue weighted by atomic mass is 32.1. The van der Waals surface area contributed by atoms with Gasteiger partial charge in [-0.15, -0.1) is 11.3 Å². The second kappa shape index (κ2) is 13.3. The third-order valence-corrected chi connectivity index (χ3v) is 15.0. The van der Waals surface area contributed by atoms with Crippen LogP contribution in [0.25, 0.3) is 76.2 Å². The molecule has 0 saturated carbocycles. The summed E-state index contributed by atoms with van der Waals surface area (Å²) in [4.78, 5) is 5.25. The van der Waals surface area contributed by atoms with Crippen molar-refractivity contribution in [3.05, 3.63) is 175 Å². The zero-order valence-electron chi connectivity index (χ0n) is 36.8. The zero-order valence-corrected chi connectivity index (χ0v) is 37.6. The summed E-state index contributed by atoms with van der Waals surface area (Å²) in [6, 6.07) is 60.4. The summed E-state index contributed by atoms with van der Waals surface area (Å²) < 4.78 is 16.4. The highest BCUT2D eigenvalue weighted by Gasteiger charge is 2.49. The largest absolute Gasteiger partial charge is 0.456 e. The van der Waals surface area contributed by atoms with Crippen LogP contribution in [-0.4, -0.2) is 6.85 Å². The summed E-state index contributed by atoms with van der Waals surface area (Å²) >= 11 is 1.91. The molecule has 0 bridgehead atoms. The molecular weight excluding hydrogens is 800 g/mol. The third-order valence-electron chi connectivity index (χ3n) is 13.8. The fourth-order valence-electron chi connectivity index (χ4n) is 10.6. The van der Waals surface area contributed by atoms with Gasteiger partial charge in [-0.3, -0.25) is 0 Å². The molecule has 11 aromatic rings. The molecule has 0 aliphatic carbocycles. The fourth-order valence-corrected chi connectivity index (χ4v) is 11.9. The molecule has 0 amide bonds. The molecular formula is C58H45BN2O2S. The summed E-state index contributed by atoms with van der Waals surface area (Å²) in [5, 5.41) is 5.67. The summed E-state index contributed by atoms with van der Waals surface area (Å²) in [6.07, 6.45) is 0. The van der Waals surface area contributed by atoms with E-state index in [1.165, 1.54) is 48.3 Å². The Hall–Kier alpha value is -7.02. The lowest BCUT2D eigenvalue weighted by molar-refractivity contribution is 0.590. The number of fused-ring (bicyclic) bond motifs is 14. The number of rotatable bonds is 3. The van der Waals surface area contributed by atoms with Crippen LogP contribution in [0.1, 0.15) is 52.7 Å². The van der Waals surface area contributed by atoms with Crippen molar-refractivity contribution in [2.45, 2.75) is 52.4 Å². The monoisotopic (exact) mass is 844 g/mol. The molecule has 0 spiro atoms. The molecule has 13 rings (SSSR count). The van der Waals surface area contributed by atoms with Gasteiger partial charge in [0, 0.05) is 64.8 Å². The van der Waals surface area contributed by atoms with E-state index in [4.69, 9.17) is 8.83 Å². The number of benzene rings is 8. The van der Waals surface area contributed by atoms with E-state index < -0.39 is 0 Å². The van der Waals surface area contributed by atoms with Crippen LogP contribution in [0.2, 0.25) is 0 Å². The minimum Gasteiger partial charge on any atom is -0.456 e. The summed E-state index contributed by atoms with van der Waals surface area (Å²) in [5.41, 5.74) is 17.8. The molecule has 3 aromatic heterocycles. The van der Waals surface area contributed by atoms with Crippen molar-refractivity contribution in [2.24, 2.45) is 0 Å². The number of anilines is 5. The van der Waals surface area contributed by atoms with E-state index in [1.54, 1.807) is 0 Å². The molecule has 0 radical (unpaired) electrons. The number of thiophene rings is 1. The Kier molecular flexibility index (Phi) is 7.78. The predicted octanol–water partition coefficient (Wildman–Crippen LogP) is 15.7. The SMILES string of the molecule is CC(C)(C)c1ccc(N2B3c4sc5ccccc5c4N(c4ccc(C(C)(C)C)cc4-c4ccccc4)c4cc5c(oc6ccccc65)c(c43)-c3ccc4oc5ccccc5c4c32)cc1. The van der Waals surface area contributed by atoms with Crippen LogP contribution in [0.3, 0.4) is 0 Å². The quantitative estimate of drug-likeness (QED) is 0.166. The van der Waals surface area contributed by atoms with Crippen molar-refractivity contribution in [3.63, 3.8) is 0 Å². The van der Waals surface area contributed by atoms with Gasteiger partial charge >= 0.3 is 6.85 Å². The average molecular weight is 845 g/mol. The number of para-hydroxylation sites is 2. The smallest absolute Gasteiger partial charge is 0.343 e. The lowest BCUT2D eigenvalue weighted by atomic mass is 9.46. The number of nitrogens with zero attached hydrogens (tertiary/aromatic N) is 2. The summed E-state index contributed by atoms with van der Waals surface area (Å²) in [6.45, 7) is 13.6. The number of hydrogen-bond donors (Lipinski definition) is 0. The molecule has 64 heavy (non-hydrogen) atoms. The van der Waals surface area contributed by atoms with Crippen molar-refractivity contribution >= 4 is 111 Å². The Morgan fingerprint density at radius 2 is 1.16 bits per heavy atom. The van der Waals surface area contributed by atoms with E-state index in [-0.39, 0.29) is 17.7 Å². The first kappa shape index (κ1) is 37.5. The van der Waals surface area contributed by atoms with Gasteiger partial charge in [-0.2, -0.15) is 0 Å². The van der Waals surface area contributed by atoms with Crippen molar-refractivity contribution in [3.8, 4) is 22.3 Å². The van der Waals surface area contributed by atoms with Gasteiger partial charge in [0.1, 0.15) is 22.3 Å². The van der Waals surface area contributed by atoms with E-state index in [2.05, 4.69) is 215 Å². The number of furan rings is 2. The first-order chi connectivity index (χ1) is 31.0. The Morgan fingerprint density at radius 1 is 0.500 bits per heavy atom. The first-order valence-electron chi connectivity index (χ1n) is 22.4. The second-order valence-corrected chi connectivity index (χ2v) is 20.7. The van der Waals surface area contributed by atoms with Crippen LogP contribution in [0.5, 0.6) is 0 Å². The molecule has 0 unspecified atom stereocenters. The lowest BCUT2D eigenvalue weighted by Crippen LogP contribution is -2.60. The average Bonchev–Trinajstić information content (AvgIpc) is 4.00. The Labute approximate surface area is 377 Å². The topological polar surface area (TPSA) is 32.8 Å². The molecule has 2 aliphatic heterocycles. The third kappa shape index (κ3) is 5.29. The second-order valence-electron chi connectivity index (χ2n) is 19.7. The standard InChI is InChI=1S/C58H45BN2O2S/c1-57(2,3)35-24-27-37(28-25-35)61-53-41(29-31-48-50(53)39-19-11-14-22-47(39)62-48)51-52-45(33-43-38-18-10-13-21-46(38)63-55(43)51)60(54-40-20-12-15-23-49(40)64-56(54)59(52)61)44-30-26-36(58(4,5)6)32-42(44)34-16-8-7-9-17-34/h7-33H,1-6H3. The van der Waals surface area contributed by atoms with Gasteiger partial charge in [0.2, 0.25) is 0 Å². The minimum absolute atomic E-state index is 0.00200. The van der Waals surface area contributed by atoms with Crippen molar-refractivity contribution < 1.29 is 8.83 Å². The summed E-state index contributed by atoms with van der Waals surface area (Å²) in [7, 11) is 0. The Morgan fingerprint density at radius 3 is 1.91 bits per heavy atom. The van der Waals surface area contributed by atoms with E-state index in [0.717, 1.165) is 77.8 Å². The molecule has 4 nitrogen and oxygen atoms in total. The van der Waals surface area contributed by atoms with Gasteiger partial charge in [-0.25, -0.2) is 0 Å².